The number of carbonyl (C=O) groups excluding carboxylic acids is 1. The Morgan fingerprint density at radius 1 is 0.931 bits per heavy atom. The average molecular weight is 403 g/mol. The van der Waals surface area contributed by atoms with Crippen LogP contribution in [0.4, 0.5) is 5.69 Å². The van der Waals surface area contributed by atoms with Crippen molar-refractivity contribution in [2.24, 2.45) is 0 Å². The van der Waals surface area contributed by atoms with Crippen molar-refractivity contribution >= 4 is 23.2 Å². The molecule has 29 heavy (non-hydrogen) atoms. The van der Waals surface area contributed by atoms with E-state index in [2.05, 4.69) is 22.3 Å². The predicted octanol–water partition coefficient (Wildman–Crippen LogP) is 5.46. The molecule has 0 spiro atoms. The number of amides is 1. The van der Waals surface area contributed by atoms with E-state index in [4.69, 9.17) is 11.6 Å². The maximum atomic E-state index is 12.7. The number of hydrogen-bond donors (Lipinski definition) is 1. The third kappa shape index (κ3) is 4.05. The van der Waals surface area contributed by atoms with Gasteiger partial charge in [-0.05, 0) is 73.5 Å². The van der Waals surface area contributed by atoms with Crippen LogP contribution in [0.5, 0.6) is 0 Å². The molecule has 1 heterocycles. The molecular weight excluding hydrogens is 384 g/mol. The lowest BCUT2D eigenvalue weighted by molar-refractivity contribution is 0.101. The molecule has 0 aliphatic heterocycles. The molecule has 5 nitrogen and oxygen atoms in total. The summed E-state index contributed by atoms with van der Waals surface area (Å²) < 4.78 is 1.69. The molecule has 0 bridgehead atoms. The summed E-state index contributed by atoms with van der Waals surface area (Å²) in [5.74, 6) is 0.300. The van der Waals surface area contributed by atoms with Crippen LogP contribution in [0.15, 0.2) is 72.8 Å². The minimum Gasteiger partial charge on any atom is -0.319 e. The molecule has 6 heteroatoms. The van der Waals surface area contributed by atoms with E-state index in [-0.39, 0.29) is 11.7 Å². The number of anilines is 1. The molecule has 0 radical (unpaired) electrons. The van der Waals surface area contributed by atoms with Crippen molar-refractivity contribution in [2.45, 2.75) is 13.8 Å². The molecule has 1 aromatic heterocycles. The van der Waals surface area contributed by atoms with Gasteiger partial charge in [0.2, 0.25) is 5.82 Å². The molecule has 0 aliphatic rings. The molecule has 0 saturated heterocycles. The van der Waals surface area contributed by atoms with Gasteiger partial charge in [0.05, 0.1) is 5.69 Å². The normalized spacial score (nSPS) is 10.7. The number of aryl methyl sites for hydroxylation is 2. The Hall–Kier alpha value is -3.44. The smallest absolute Gasteiger partial charge is 0.295 e. The monoisotopic (exact) mass is 402 g/mol. The molecule has 0 unspecified atom stereocenters. The first-order chi connectivity index (χ1) is 14.0. The van der Waals surface area contributed by atoms with Crippen LogP contribution in [0.1, 0.15) is 21.7 Å². The van der Waals surface area contributed by atoms with Crippen molar-refractivity contribution in [3.05, 3.63) is 94.8 Å². The van der Waals surface area contributed by atoms with Crippen molar-refractivity contribution < 1.29 is 4.79 Å². The van der Waals surface area contributed by atoms with Crippen molar-refractivity contribution in [3.63, 3.8) is 0 Å². The zero-order valence-corrected chi connectivity index (χ0v) is 16.8. The van der Waals surface area contributed by atoms with Crippen LogP contribution in [0.3, 0.4) is 0 Å². The minimum absolute atomic E-state index is 0.0945. The van der Waals surface area contributed by atoms with Gasteiger partial charge in [-0.15, -0.1) is 5.10 Å². The van der Waals surface area contributed by atoms with Gasteiger partial charge in [0.25, 0.3) is 5.91 Å². The molecular formula is C23H19ClN4O. The fourth-order valence-electron chi connectivity index (χ4n) is 2.94. The molecule has 0 saturated carbocycles. The Morgan fingerprint density at radius 3 is 2.34 bits per heavy atom. The summed E-state index contributed by atoms with van der Waals surface area (Å²) in [5.41, 5.74) is 4.66. The maximum Gasteiger partial charge on any atom is 0.295 e. The third-order valence-corrected chi connectivity index (χ3v) is 4.93. The first kappa shape index (κ1) is 18.9. The zero-order valence-electron chi connectivity index (χ0n) is 16.1. The fourth-order valence-corrected chi connectivity index (χ4v) is 3.07. The first-order valence-corrected chi connectivity index (χ1v) is 9.56. The highest BCUT2D eigenvalue weighted by molar-refractivity contribution is 6.30. The topological polar surface area (TPSA) is 59.8 Å². The summed E-state index contributed by atoms with van der Waals surface area (Å²) in [7, 11) is 0. The largest absolute Gasteiger partial charge is 0.319 e. The Labute approximate surface area is 174 Å². The van der Waals surface area contributed by atoms with E-state index in [1.54, 1.807) is 16.8 Å². The van der Waals surface area contributed by atoms with E-state index < -0.39 is 0 Å². The van der Waals surface area contributed by atoms with E-state index >= 15 is 0 Å². The summed E-state index contributed by atoms with van der Waals surface area (Å²) in [6.07, 6.45) is 0. The predicted molar refractivity (Wildman–Crippen MR) is 116 cm³/mol. The standard InChI is InChI=1S/C23H19ClN4O/c1-15-8-13-20(14-16(15)2)28-22(17-9-11-18(24)12-10-17)26-21(27-28)23(29)25-19-6-4-3-5-7-19/h3-14H,1-2H3,(H,25,29). The lowest BCUT2D eigenvalue weighted by atomic mass is 10.1. The number of para-hydroxylation sites is 1. The molecule has 4 rings (SSSR count). The summed E-state index contributed by atoms with van der Waals surface area (Å²) in [4.78, 5) is 17.3. The second-order valence-corrected chi connectivity index (χ2v) is 7.20. The van der Waals surface area contributed by atoms with Crippen LogP contribution >= 0.6 is 11.6 Å². The highest BCUT2D eigenvalue weighted by Gasteiger charge is 2.19. The van der Waals surface area contributed by atoms with Crippen LogP contribution in [-0.4, -0.2) is 20.7 Å². The lowest BCUT2D eigenvalue weighted by Crippen LogP contribution is -2.14. The average Bonchev–Trinajstić information content (AvgIpc) is 3.17. The van der Waals surface area contributed by atoms with Gasteiger partial charge in [0.1, 0.15) is 0 Å². The number of aromatic nitrogens is 3. The quantitative estimate of drug-likeness (QED) is 0.493. The molecule has 3 aromatic carbocycles. The SMILES string of the molecule is Cc1ccc(-n2nc(C(=O)Nc3ccccc3)nc2-c2ccc(Cl)cc2)cc1C. The van der Waals surface area contributed by atoms with Gasteiger partial charge in [-0.2, -0.15) is 0 Å². The van der Waals surface area contributed by atoms with E-state index in [1.807, 2.05) is 67.6 Å². The van der Waals surface area contributed by atoms with Crippen LogP contribution in [0.25, 0.3) is 17.1 Å². The van der Waals surface area contributed by atoms with E-state index in [0.29, 0.717) is 16.5 Å². The minimum atomic E-state index is -0.367. The van der Waals surface area contributed by atoms with Crippen molar-refractivity contribution in [3.8, 4) is 17.1 Å². The molecule has 144 valence electrons. The highest BCUT2D eigenvalue weighted by Crippen LogP contribution is 2.24. The number of nitrogens with zero attached hydrogens (tertiary/aromatic N) is 3. The second-order valence-electron chi connectivity index (χ2n) is 6.77. The number of rotatable bonds is 4. The van der Waals surface area contributed by atoms with Gasteiger partial charge >= 0.3 is 0 Å². The van der Waals surface area contributed by atoms with Crippen molar-refractivity contribution in [1.29, 1.82) is 0 Å². The summed E-state index contributed by atoms with van der Waals surface area (Å²) in [6, 6.07) is 22.6. The van der Waals surface area contributed by atoms with Crippen LogP contribution in [0.2, 0.25) is 5.02 Å². The molecule has 0 fully saturated rings. The van der Waals surface area contributed by atoms with Gasteiger partial charge in [-0.25, -0.2) is 9.67 Å². The molecule has 1 N–H and O–H groups in total. The van der Waals surface area contributed by atoms with Crippen LogP contribution < -0.4 is 5.32 Å². The summed E-state index contributed by atoms with van der Waals surface area (Å²) in [5, 5.41) is 7.97. The second kappa shape index (κ2) is 7.89. The van der Waals surface area contributed by atoms with E-state index in [9.17, 15) is 4.79 Å². The maximum absolute atomic E-state index is 12.7. The Balaban J connectivity index is 1.78. The van der Waals surface area contributed by atoms with Gasteiger partial charge in [0, 0.05) is 16.3 Å². The Morgan fingerprint density at radius 2 is 1.66 bits per heavy atom. The molecule has 1 amide bonds. The fraction of sp³-hybridized carbons (Fsp3) is 0.0870. The molecule has 4 aromatic rings. The first-order valence-electron chi connectivity index (χ1n) is 9.18. The van der Waals surface area contributed by atoms with Crippen LogP contribution in [-0.2, 0) is 0 Å². The molecule has 0 atom stereocenters. The third-order valence-electron chi connectivity index (χ3n) is 4.68. The van der Waals surface area contributed by atoms with Gasteiger partial charge < -0.3 is 5.32 Å². The zero-order chi connectivity index (χ0) is 20.4. The number of nitrogens with one attached hydrogen (secondary N) is 1. The Bertz CT molecular complexity index is 1170. The lowest BCUT2D eigenvalue weighted by Gasteiger charge is -2.08. The molecule has 0 aliphatic carbocycles. The van der Waals surface area contributed by atoms with Crippen molar-refractivity contribution in [2.75, 3.05) is 5.32 Å². The number of hydrogen-bond acceptors (Lipinski definition) is 3. The number of halogens is 1. The van der Waals surface area contributed by atoms with Gasteiger partial charge in [-0.1, -0.05) is 35.9 Å². The number of benzene rings is 3. The summed E-state index contributed by atoms with van der Waals surface area (Å²) >= 11 is 6.03. The Kier molecular flexibility index (Phi) is 5.14. The number of carbonyl (C=O) groups is 1. The highest BCUT2D eigenvalue weighted by atomic mass is 35.5. The van der Waals surface area contributed by atoms with E-state index in [0.717, 1.165) is 16.8 Å². The van der Waals surface area contributed by atoms with Crippen LogP contribution in [0, 0.1) is 13.8 Å². The van der Waals surface area contributed by atoms with E-state index in [1.165, 1.54) is 5.56 Å². The van der Waals surface area contributed by atoms with Gasteiger partial charge in [0.15, 0.2) is 5.82 Å². The summed E-state index contributed by atoms with van der Waals surface area (Å²) in [6.45, 7) is 4.10. The van der Waals surface area contributed by atoms with Gasteiger partial charge in [-0.3, -0.25) is 4.79 Å². The van der Waals surface area contributed by atoms with Crippen molar-refractivity contribution in [1.82, 2.24) is 14.8 Å².